The second-order valence-electron chi connectivity index (χ2n) is 5.59. The van der Waals surface area contributed by atoms with Crippen molar-refractivity contribution >= 4 is 9.84 Å². The van der Waals surface area contributed by atoms with E-state index in [1.165, 1.54) is 12.1 Å². The molecular formula is C18H22FNO3S. The first-order valence-electron chi connectivity index (χ1n) is 7.82. The summed E-state index contributed by atoms with van der Waals surface area (Å²) in [7, 11) is -1.30. The minimum atomic E-state index is -3.22. The van der Waals surface area contributed by atoms with E-state index in [4.69, 9.17) is 4.74 Å². The summed E-state index contributed by atoms with van der Waals surface area (Å²) in [5, 5.41) is 0. The zero-order valence-electron chi connectivity index (χ0n) is 13.7. The van der Waals surface area contributed by atoms with Crippen LogP contribution in [0.1, 0.15) is 6.42 Å². The van der Waals surface area contributed by atoms with Gasteiger partial charge in [0.15, 0.2) is 9.84 Å². The topological polar surface area (TPSA) is 46.6 Å². The van der Waals surface area contributed by atoms with Gasteiger partial charge in [-0.15, -0.1) is 0 Å². The van der Waals surface area contributed by atoms with Crippen LogP contribution in [0.3, 0.4) is 0 Å². The van der Waals surface area contributed by atoms with Gasteiger partial charge in [0.1, 0.15) is 18.2 Å². The second-order valence-corrected chi connectivity index (χ2v) is 7.70. The van der Waals surface area contributed by atoms with Crippen molar-refractivity contribution in [1.82, 2.24) is 4.90 Å². The molecule has 0 aromatic heterocycles. The van der Waals surface area contributed by atoms with Gasteiger partial charge >= 0.3 is 0 Å². The maximum absolute atomic E-state index is 12.8. The molecule has 0 fully saturated rings. The summed E-state index contributed by atoms with van der Waals surface area (Å²) in [6.07, 6.45) is 0.560. The first-order chi connectivity index (χ1) is 11.5. The van der Waals surface area contributed by atoms with Crippen molar-refractivity contribution in [1.29, 1.82) is 0 Å². The lowest BCUT2D eigenvalue weighted by Crippen LogP contribution is -2.26. The fourth-order valence-electron chi connectivity index (χ4n) is 2.23. The van der Waals surface area contributed by atoms with Gasteiger partial charge in [0.25, 0.3) is 0 Å². The number of halogens is 1. The molecule has 0 heterocycles. The van der Waals surface area contributed by atoms with Crippen molar-refractivity contribution in [3.05, 3.63) is 60.4 Å². The Kier molecular flexibility index (Phi) is 6.75. The Morgan fingerprint density at radius 1 is 1.00 bits per heavy atom. The van der Waals surface area contributed by atoms with Crippen LogP contribution in [0.25, 0.3) is 0 Å². The van der Waals surface area contributed by atoms with Crippen LogP contribution in [0.5, 0.6) is 5.75 Å². The minimum absolute atomic E-state index is 0.125. The van der Waals surface area contributed by atoms with E-state index >= 15 is 0 Å². The SMILES string of the molecule is CN(CCCS(=O)(=O)c1ccccc1)CCOc1ccc(F)cc1. The third kappa shape index (κ3) is 5.94. The molecule has 0 atom stereocenters. The Hall–Kier alpha value is -1.92. The molecule has 0 saturated heterocycles. The van der Waals surface area contributed by atoms with Crippen LogP contribution >= 0.6 is 0 Å². The van der Waals surface area contributed by atoms with Gasteiger partial charge in [0, 0.05) is 6.54 Å². The molecular weight excluding hydrogens is 329 g/mol. The van der Waals surface area contributed by atoms with Gasteiger partial charge in [0.05, 0.1) is 10.6 Å². The molecule has 0 aliphatic carbocycles. The average molecular weight is 351 g/mol. The van der Waals surface area contributed by atoms with E-state index in [2.05, 4.69) is 0 Å². The highest BCUT2D eigenvalue weighted by Crippen LogP contribution is 2.12. The van der Waals surface area contributed by atoms with Crippen molar-refractivity contribution in [2.24, 2.45) is 0 Å². The molecule has 0 bridgehead atoms. The Morgan fingerprint density at radius 2 is 1.67 bits per heavy atom. The third-order valence-electron chi connectivity index (χ3n) is 3.61. The predicted molar refractivity (Wildman–Crippen MR) is 92.5 cm³/mol. The molecule has 0 unspecified atom stereocenters. The standard InChI is InChI=1S/C18H22FNO3S/c1-20(13-14-23-17-10-8-16(19)9-11-17)12-5-15-24(21,22)18-6-3-2-4-7-18/h2-4,6-11H,5,12-15H2,1H3. The lowest BCUT2D eigenvalue weighted by atomic mass is 10.3. The molecule has 2 rings (SSSR count). The lowest BCUT2D eigenvalue weighted by molar-refractivity contribution is 0.237. The molecule has 0 amide bonds. The predicted octanol–water partition coefficient (Wildman–Crippen LogP) is 3.00. The summed E-state index contributed by atoms with van der Waals surface area (Å²) in [5.41, 5.74) is 0. The molecule has 2 aromatic rings. The maximum Gasteiger partial charge on any atom is 0.178 e. The highest BCUT2D eigenvalue weighted by Gasteiger charge is 2.13. The van der Waals surface area contributed by atoms with Gasteiger partial charge in [-0.2, -0.15) is 0 Å². The second kappa shape index (κ2) is 8.80. The third-order valence-corrected chi connectivity index (χ3v) is 5.43. The lowest BCUT2D eigenvalue weighted by Gasteiger charge is -2.17. The number of nitrogens with zero attached hydrogens (tertiary/aromatic N) is 1. The molecule has 0 N–H and O–H groups in total. The zero-order chi connectivity index (χ0) is 17.4. The van der Waals surface area contributed by atoms with Crippen molar-refractivity contribution in [2.75, 3.05) is 32.5 Å². The van der Waals surface area contributed by atoms with Crippen LogP contribution in [0.4, 0.5) is 4.39 Å². The molecule has 4 nitrogen and oxygen atoms in total. The Morgan fingerprint density at radius 3 is 2.33 bits per heavy atom. The smallest absolute Gasteiger partial charge is 0.178 e. The molecule has 6 heteroatoms. The summed E-state index contributed by atoms with van der Waals surface area (Å²) < 4.78 is 42.6. The number of rotatable bonds is 9. The van der Waals surface area contributed by atoms with Gasteiger partial charge in [-0.05, 0) is 56.4 Å². The van der Waals surface area contributed by atoms with Crippen LogP contribution < -0.4 is 4.74 Å². The highest BCUT2D eigenvalue weighted by molar-refractivity contribution is 7.91. The maximum atomic E-state index is 12.8. The van der Waals surface area contributed by atoms with Crippen molar-refractivity contribution < 1.29 is 17.5 Å². The average Bonchev–Trinajstić information content (AvgIpc) is 2.57. The molecule has 0 spiro atoms. The van der Waals surface area contributed by atoms with E-state index in [1.807, 2.05) is 11.9 Å². The Labute approximate surface area is 142 Å². The largest absolute Gasteiger partial charge is 0.492 e. The first-order valence-corrected chi connectivity index (χ1v) is 9.47. The quantitative estimate of drug-likeness (QED) is 0.697. The summed E-state index contributed by atoms with van der Waals surface area (Å²) in [6.45, 7) is 1.80. The first kappa shape index (κ1) is 18.4. The van der Waals surface area contributed by atoms with Crippen LogP contribution in [0, 0.1) is 5.82 Å². The fraction of sp³-hybridized carbons (Fsp3) is 0.333. The van der Waals surface area contributed by atoms with Gasteiger partial charge in [-0.3, -0.25) is 0 Å². The Bertz CT molecular complexity index is 718. The summed E-state index contributed by atoms with van der Waals surface area (Å²) >= 11 is 0. The van der Waals surface area contributed by atoms with E-state index in [9.17, 15) is 12.8 Å². The van der Waals surface area contributed by atoms with Crippen LogP contribution in [0.15, 0.2) is 59.5 Å². The number of likely N-dealkylation sites (N-methyl/N-ethyl adjacent to an activating group) is 1. The number of hydrogen-bond acceptors (Lipinski definition) is 4. The number of hydrogen-bond donors (Lipinski definition) is 0. The molecule has 0 aliphatic rings. The number of benzene rings is 2. The molecule has 0 saturated carbocycles. The monoisotopic (exact) mass is 351 g/mol. The molecule has 24 heavy (non-hydrogen) atoms. The summed E-state index contributed by atoms with van der Waals surface area (Å²) in [6, 6.07) is 14.4. The number of ether oxygens (including phenoxy) is 1. The van der Waals surface area contributed by atoms with Gasteiger partial charge in [-0.1, -0.05) is 18.2 Å². The molecule has 2 aromatic carbocycles. The minimum Gasteiger partial charge on any atom is -0.492 e. The molecule has 0 aliphatic heterocycles. The van der Waals surface area contributed by atoms with E-state index < -0.39 is 9.84 Å². The van der Waals surface area contributed by atoms with Crippen LogP contribution in [-0.2, 0) is 9.84 Å². The fourth-order valence-corrected chi connectivity index (χ4v) is 3.55. The van der Waals surface area contributed by atoms with Gasteiger partial charge in [-0.25, -0.2) is 12.8 Å². The van der Waals surface area contributed by atoms with Gasteiger partial charge in [0.2, 0.25) is 0 Å². The van der Waals surface area contributed by atoms with E-state index in [0.29, 0.717) is 36.8 Å². The van der Waals surface area contributed by atoms with Crippen molar-refractivity contribution in [2.45, 2.75) is 11.3 Å². The number of sulfone groups is 1. The molecule has 0 radical (unpaired) electrons. The van der Waals surface area contributed by atoms with Crippen LogP contribution in [-0.4, -0.2) is 45.8 Å². The van der Waals surface area contributed by atoms with Crippen LogP contribution in [0.2, 0.25) is 0 Å². The summed E-state index contributed by atoms with van der Waals surface area (Å²) in [5.74, 6) is 0.454. The highest BCUT2D eigenvalue weighted by atomic mass is 32.2. The van der Waals surface area contributed by atoms with Crippen molar-refractivity contribution in [3.63, 3.8) is 0 Å². The van der Waals surface area contributed by atoms with E-state index in [-0.39, 0.29) is 11.6 Å². The zero-order valence-corrected chi connectivity index (χ0v) is 14.5. The van der Waals surface area contributed by atoms with E-state index in [0.717, 1.165) is 0 Å². The van der Waals surface area contributed by atoms with Gasteiger partial charge < -0.3 is 9.64 Å². The van der Waals surface area contributed by atoms with Crippen molar-refractivity contribution in [3.8, 4) is 5.75 Å². The Balaban J connectivity index is 1.68. The molecule has 130 valence electrons. The van der Waals surface area contributed by atoms with E-state index in [1.54, 1.807) is 42.5 Å². The normalized spacial score (nSPS) is 11.6. The summed E-state index contributed by atoms with van der Waals surface area (Å²) in [4.78, 5) is 2.39.